The van der Waals surface area contributed by atoms with E-state index in [1.54, 1.807) is 6.26 Å². The van der Waals surface area contributed by atoms with E-state index in [2.05, 4.69) is 28.9 Å². The maximum absolute atomic E-state index is 5.36. The van der Waals surface area contributed by atoms with Gasteiger partial charge >= 0.3 is 0 Å². The van der Waals surface area contributed by atoms with Crippen LogP contribution in [0.3, 0.4) is 0 Å². The minimum Gasteiger partial charge on any atom is -0.469 e. The monoisotopic (exact) mass is 349 g/mol. The van der Waals surface area contributed by atoms with Gasteiger partial charge in [-0.15, -0.1) is 0 Å². The highest BCUT2D eigenvalue weighted by molar-refractivity contribution is 7.98. The Kier molecular flexibility index (Phi) is 7.24. The lowest BCUT2D eigenvalue weighted by Crippen LogP contribution is -2.39. The van der Waals surface area contributed by atoms with Gasteiger partial charge in [-0.05, 0) is 32.2 Å². The average molecular weight is 350 g/mol. The van der Waals surface area contributed by atoms with Gasteiger partial charge in [0, 0.05) is 43.6 Å². The van der Waals surface area contributed by atoms with Gasteiger partial charge in [0.2, 0.25) is 0 Å². The standard InChI is InChI=1S/C17H27N5OS/c1-13-16(14(2)22(3)21-13)12-20-17(19-9-11-24-4)18-8-7-15-6-5-10-23-15/h5-6,10H,7-9,11-12H2,1-4H3,(H2,18,19,20). The highest BCUT2D eigenvalue weighted by Crippen LogP contribution is 2.12. The molecule has 0 unspecified atom stereocenters. The van der Waals surface area contributed by atoms with Crippen LogP contribution in [0.4, 0.5) is 0 Å². The predicted molar refractivity (Wildman–Crippen MR) is 101 cm³/mol. The second-order valence-corrected chi connectivity index (χ2v) is 6.60. The lowest BCUT2D eigenvalue weighted by atomic mass is 10.2. The van der Waals surface area contributed by atoms with Crippen molar-refractivity contribution >= 4 is 17.7 Å². The number of aliphatic imine (C=N–C) groups is 1. The molecule has 0 atom stereocenters. The zero-order chi connectivity index (χ0) is 17.4. The first-order valence-electron chi connectivity index (χ1n) is 8.14. The number of hydrogen-bond acceptors (Lipinski definition) is 4. The molecule has 0 bridgehead atoms. The number of nitrogens with zero attached hydrogens (tertiary/aromatic N) is 3. The third-order valence-electron chi connectivity index (χ3n) is 3.90. The van der Waals surface area contributed by atoms with Crippen LogP contribution in [0.2, 0.25) is 0 Å². The van der Waals surface area contributed by atoms with Crippen LogP contribution in [-0.4, -0.2) is 40.8 Å². The summed E-state index contributed by atoms with van der Waals surface area (Å²) >= 11 is 1.81. The number of nitrogens with one attached hydrogen (secondary N) is 2. The van der Waals surface area contributed by atoms with Crippen molar-refractivity contribution in [2.75, 3.05) is 25.1 Å². The summed E-state index contributed by atoms with van der Waals surface area (Å²) in [5.41, 5.74) is 3.39. The molecule has 132 valence electrons. The largest absolute Gasteiger partial charge is 0.469 e. The van der Waals surface area contributed by atoms with Crippen LogP contribution in [0.5, 0.6) is 0 Å². The molecule has 2 aromatic heterocycles. The number of guanidine groups is 1. The molecular formula is C17H27N5OS. The smallest absolute Gasteiger partial charge is 0.191 e. The molecule has 0 aromatic carbocycles. The lowest BCUT2D eigenvalue weighted by Gasteiger charge is -2.12. The van der Waals surface area contributed by atoms with Crippen molar-refractivity contribution in [2.24, 2.45) is 12.0 Å². The van der Waals surface area contributed by atoms with Gasteiger partial charge in [0.1, 0.15) is 5.76 Å². The summed E-state index contributed by atoms with van der Waals surface area (Å²) in [6.45, 7) is 6.41. The normalized spacial score (nSPS) is 11.8. The zero-order valence-corrected chi connectivity index (χ0v) is 15.7. The molecule has 0 spiro atoms. The van der Waals surface area contributed by atoms with E-state index in [1.807, 2.05) is 42.5 Å². The first-order valence-corrected chi connectivity index (χ1v) is 9.53. The first kappa shape index (κ1) is 18.4. The fraction of sp³-hybridized carbons (Fsp3) is 0.529. The van der Waals surface area contributed by atoms with Gasteiger partial charge < -0.3 is 15.1 Å². The highest BCUT2D eigenvalue weighted by atomic mass is 32.2. The molecule has 0 saturated heterocycles. The summed E-state index contributed by atoms with van der Waals surface area (Å²) in [5.74, 6) is 2.85. The van der Waals surface area contributed by atoms with E-state index in [0.717, 1.165) is 48.4 Å². The van der Waals surface area contributed by atoms with Gasteiger partial charge in [0.15, 0.2) is 5.96 Å². The van der Waals surface area contributed by atoms with Crippen molar-refractivity contribution in [2.45, 2.75) is 26.8 Å². The molecule has 0 saturated carbocycles. The van der Waals surface area contributed by atoms with Crippen molar-refractivity contribution in [3.05, 3.63) is 41.1 Å². The third-order valence-corrected chi connectivity index (χ3v) is 4.51. The summed E-state index contributed by atoms with van der Waals surface area (Å²) < 4.78 is 7.27. The van der Waals surface area contributed by atoms with Gasteiger partial charge in [0.05, 0.1) is 18.5 Å². The Morgan fingerprint density at radius 1 is 1.33 bits per heavy atom. The molecule has 7 heteroatoms. The summed E-state index contributed by atoms with van der Waals surface area (Å²) in [7, 11) is 1.97. The minimum absolute atomic E-state index is 0.626. The highest BCUT2D eigenvalue weighted by Gasteiger charge is 2.09. The van der Waals surface area contributed by atoms with Crippen LogP contribution in [0, 0.1) is 13.8 Å². The molecule has 0 aliphatic heterocycles. The number of hydrogen-bond donors (Lipinski definition) is 2. The number of furan rings is 1. The SMILES string of the molecule is CSCCNC(=NCc1c(C)nn(C)c1C)NCCc1ccco1. The maximum Gasteiger partial charge on any atom is 0.191 e. The van der Waals surface area contributed by atoms with Crippen LogP contribution in [0.15, 0.2) is 27.8 Å². The average Bonchev–Trinajstić information content (AvgIpc) is 3.15. The number of aromatic nitrogens is 2. The Labute approximate surface area is 148 Å². The lowest BCUT2D eigenvalue weighted by molar-refractivity contribution is 0.507. The molecule has 0 radical (unpaired) electrons. The minimum atomic E-state index is 0.626. The van der Waals surface area contributed by atoms with E-state index in [4.69, 9.17) is 9.41 Å². The Bertz CT molecular complexity index is 648. The Morgan fingerprint density at radius 2 is 2.12 bits per heavy atom. The molecule has 0 fully saturated rings. The van der Waals surface area contributed by atoms with Crippen LogP contribution in [0.25, 0.3) is 0 Å². The van der Waals surface area contributed by atoms with Gasteiger partial charge in [-0.2, -0.15) is 16.9 Å². The maximum atomic E-state index is 5.36. The molecule has 0 amide bonds. The fourth-order valence-electron chi connectivity index (χ4n) is 2.41. The van der Waals surface area contributed by atoms with E-state index in [1.165, 1.54) is 5.56 Å². The third kappa shape index (κ3) is 5.33. The topological polar surface area (TPSA) is 67.4 Å². The Hall–Kier alpha value is -1.89. The van der Waals surface area contributed by atoms with Gasteiger partial charge in [0.25, 0.3) is 0 Å². The molecule has 2 N–H and O–H groups in total. The van der Waals surface area contributed by atoms with Crippen molar-refractivity contribution in [3.8, 4) is 0 Å². The second-order valence-electron chi connectivity index (χ2n) is 5.61. The first-order chi connectivity index (χ1) is 11.6. The van der Waals surface area contributed by atoms with Crippen LogP contribution in [0.1, 0.15) is 22.7 Å². The summed E-state index contributed by atoms with van der Waals surface area (Å²) in [6, 6.07) is 3.90. The van der Waals surface area contributed by atoms with E-state index in [9.17, 15) is 0 Å². The molecule has 6 nitrogen and oxygen atoms in total. The van der Waals surface area contributed by atoms with Gasteiger partial charge in [-0.3, -0.25) is 4.68 Å². The van der Waals surface area contributed by atoms with Crippen molar-refractivity contribution in [1.29, 1.82) is 0 Å². The molecule has 2 heterocycles. The summed E-state index contributed by atoms with van der Waals surface area (Å²) in [4.78, 5) is 4.72. The van der Waals surface area contributed by atoms with E-state index in [-0.39, 0.29) is 0 Å². The number of rotatable bonds is 8. The molecule has 0 aliphatic carbocycles. The second kappa shape index (κ2) is 9.42. The van der Waals surface area contributed by atoms with Crippen LogP contribution < -0.4 is 10.6 Å². The van der Waals surface area contributed by atoms with E-state index in [0.29, 0.717) is 6.54 Å². The molecule has 24 heavy (non-hydrogen) atoms. The van der Waals surface area contributed by atoms with E-state index >= 15 is 0 Å². The molecule has 2 rings (SSSR count). The quantitative estimate of drug-likeness (QED) is 0.435. The van der Waals surface area contributed by atoms with E-state index < -0.39 is 0 Å². The molecule has 2 aromatic rings. The van der Waals surface area contributed by atoms with Gasteiger partial charge in [-0.25, -0.2) is 4.99 Å². The predicted octanol–water partition coefficient (Wildman–Crippen LogP) is 2.27. The van der Waals surface area contributed by atoms with Gasteiger partial charge in [-0.1, -0.05) is 0 Å². The van der Waals surface area contributed by atoms with Crippen molar-refractivity contribution in [1.82, 2.24) is 20.4 Å². The summed E-state index contributed by atoms with van der Waals surface area (Å²) in [5, 5.41) is 11.2. The number of aryl methyl sites for hydroxylation is 2. The van der Waals surface area contributed by atoms with Crippen LogP contribution >= 0.6 is 11.8 Å². The Morgan fingerprint density at radius 3 is 2.75 bits per heavy atom. The van der Waals surface area contributed by atoms with Crippen molar-refractivity contribution in [3.63, 3.8) is 0 Å². The van der Waals surface area contributed by atoms with Crippen molar-refractivity contribution < 1.29 is 4.42 Å². The summed E-state index contributed by atoms with van der Waals surface area (Å²) in [6.07, 6.45) is 4.64. The Balaban J connectivity index is 1.95. The number of thioether (sulfide) groups is 1. The molecular weight excluding hydrogens is 322 g/mol. The fourth-order valence-corrected chi connectivity index (χ4v) is 2.72. The molecule has 0 aliphatic rings. The van der Waals surface area contributed by atoms with Crippen LogP contribution in [-0.2, 0) is 20.0 Å². The zero-order valence-electron chi connectivity index (χ0n) is 14.9.